The van der Waals surface area contributed by atoms with Gasteiger partial charge < -0.3 is 0 Å². The third-order valence-corrected chi connectivity index (χ3v) is 5.35. The Balaban J connectivity index is 2.01. The molecule has 1 aromatic rings. The lowest BCUT2D eigenvalue weighted by molar-refractivity contribution is 0.00711. The molecule has 0 radical (unpaired) electrons. The van der Waals surface area contributed by atoms with Crippen LogP contribution in [0.15, 0.2) is 24.3 Å². The monoisotopic (exact) mass is 304 g/mol. The Morgan fingerprint density at radius 3 is 2.48 bits per heavy atom. The van der Waals surface area contributed by atoms with Crippen LogP contribution in [0.2, 0.25) is 5.02 Å². The van der Waals surface area contributed by atoms with Crippen molar-refractivity contribution in [3.63, 3.8) is 0 Å². The quantitative estimate of drug-likeness (QED) is 0.795. The van der Waals surface area contributed by atoms with Crippen molar-refractivity contribution in [1.82, 2.24) is 4.90 Å². The number of rotatable bonds is 3. The molecule has 0 amide bonds. The van der Waals surface area contributed by atoms with Crippen LogP contribution in [-0.2, 0) is 6.54 Å². The van der Waals surface area contributed by atoms with Gasteiger partial charge in [0.1, 0.15) is 0 Å². The zero-order chi connectivity index (χ0) is 15.5. The Kier molecular flexibility index (Phi) is 4.96. The summed E-state index contributed by atoms with van der Waals surface area (Å²) in [5.74, 6) is 0. The molecule has 0 spiro atoms. The number of hydrogen-bond donors (Lipinski definition) is 0. The second-order valence-electron chi connectivity index (χ2n) is 7.27. The molecule has 1 saturated heterocycles. The van der Waals surface area contributed by atoms with Crippen LogP contribution in [0.4, 0.5) is 0 Å². The summed E-state index contributed by atoms with van der Waals surface area (Å²) >= 11 is 6.05. The zero-order valence-corrected chi connectivity index (χ0v) is 14.1. The molecule has 0 aliphatic carbocycles. The highest BCUT2D eigenvalue weighted by molar-refractivity contribution is 6.30. The van der Waals surface area contributed by atoms with Gasteiger partial charge in [0.25, 0.3) is 0 Å². The van der Waals surface area contributed by atoms with Gasteiger partial charge >= 0.3 is 0 Å². The molecule has 0 saturated carbocycles. The molecule has 1 aliphatic heterocycles. The summed E-state index contributed by atoms with van der Waals surface area (Å²) in [6.45, 7) is 9.90. The molecule has 0 unspecified atom stereocenters. The summed E-state index contributed by atoms with van der Waals surface area (Å²) in [5, 5.41) is 10.0. The lowest BCUT2D eigenvalue weighted by Crippen LogP contribution is -2.46. The van der Waals surface area contributed by atoms with Crippen molar-refractivity contribution >= 4 is 11.6 Å². The number of piperidine rings is 1. The fraction of sp³-hybridized carbons (Fsp3) is 0.611. The molecule has 21 heavy (non-hydrogen) atoms. The van der Waals surface area contributed by atoms with Crippen molar-refractivity contribution in [3.8, 4) is 6.07 Å². The highest BCUT2D eigenvalue weighted by Crippen LogP contribution is 2.49. The smallest absolute Gasteiger partial charge is 0.0627 e. The molecule has 3 heteroatoms. The minimum Gasteiger partial charge on any atom is -0.299 e. The van der Waals surface area contributed by atoms with Crippen molar-refractivity contribution in [2.75, 3.05) is 13.1 Å². The molecule has 0 bridgehead atoms. The summed E-state index contributed by atoms with van der Waals surface area (Å²) in [6.07, 6.45) is 2.87. The maximum Gasteiger partial charge on any atom is 0.0627 e. The summed E-state index contributed by atoms with van der Waals surface area (Å²) in [4.78, 5) is 2.48. The van der Waals surface area contributed by atoms with E-state index in [1.165, 1.54) is 5.56 Å². The molecule has 1 aliphatic rings. The van der Waals surface area contributed by atoms with E-state index in [-0.39, 0.29) is 10.8 Å². The molecule has 114 valence electrons. The fourth-order valence-electron chi connectivity index (χ4n) is 3.38. The Bertz CT molecular complexity index is 517. The van der Waals surface area contributed by atoms with Crippen LogP contribution in [-0.4, -0.2) is 18.0 Å². The standard InChI is InChI=1S/C18H25ClN2/c1-17(2,3)18(7-10-20)8-11-21(12-9-18)14-15-5-4-6-16(19)13-15/h4-6,13H,7-9,11-12,14H2,1-3H3. The Labute approximate surface area is 133 Å². The van der Waals surface area contributed by atoms with E-state index in [4.69, 9.17) is 11.6 Å². The summed E-state index contributed by atoms with van der Waals surface area (Å²) in [7, 11) is 0. The van der Waals surface area contributed by atoms with Gasteiger partial charge in [-0.05, 0) is 54.5 Å². The predicted molar refractivity (Wildman–Crippen MR) is 88.1 cm³/mol. The lowest BCUT2D eigenvalue weighted by Gasteiger charge is -2.49. The first-order chi connectivity index (χ1) is 9.86. The van der Waals surface area contributed by atoms with Crippen molar-refractivity contribution < 1.29 is 0 Å². The maximum atomic E-state index is 9.20. The highest BCUT2D eigenvalue weighted by Gasteiger charge is 2.43. The molecule has 0 aromatic heterocycles. The first-order valence-corrected chi connectivity index (χ1v) is 8.08. The van der Waals surface area contributed by atoms with Crippen LogP contribution in [0.5, 0.6) is 0 Å². The first-order valence-electron chi connectivity index (χ1n) is 7.70. The largest absolute Gasteiger partial charge is 0.299 e. The summed E-state index contributed by atoms with van der Waals surface area (Å²) < 4.78 is 0. The molecular weight excluding hydrogens is 280 g/mol. The third kappa shape index (κ3) is 3.78. The number of hydrogen-bond acceptors (Lipinski definition) is 2. The van der Waals surface area contributed by atoms with Gasteiger partial charge in [0.15, 0.2) is 0 Å². The molecule has 0 atom stereocenters. The molecule has 1 fully saturated rings. The van der Waals surface area contributed by atoms with Gasteiger partial charge in [-0.2, -0.15) is 5.26 Å². The van der Waals surface area contributed by atoms with Gasteiger partial charge in [-0.25, -0.2) is 0 Å². The van der Waals surface area contributed by atoms with E-state index in [1.807, 2.05) is 18.2 Å². The van der Waals surface area contributed by atoms with Crippen LogP contribution < -0.4 is 0 Å². The highest BCUT2D eigenvalue weighted by atomic mass is 35.5. The minimum absolute atomic E-state index is 0.159. The Morgan fingerprint density at radius 2 is 1.95 bits per heavy atom. The number of halogens is 1. The Hall–Kier alpha value is -1.04. The van der Waals surface area contributed by atoms with E-state index in [0.29, 0.717) is 6.42 Å². The van der Waals surface area contributed by atoms with E-state index < -0.39 is 0 Å². The molecular formula is C18H25ClN2. The molecule has 0 N–H and O–H groups in total. The molecule has 1 heterocycles. The van der Waals surface area contributed by atoms with Gasteiger partial charge in [0, 0.05) is 18.0 Å². The van der Waals surface area contributed by atoms with Crippen LogP contribution in [0.25, 0.3) is 0 Å². The van der Waals surface area contributed by atoms with Crippen molar-refractivity contribution in [2.24, 2.45) is 10.8 Å². The van der Waals surface area contributed by atoms with Gasteiger partial charge in [-0.3, -0.25) is 4.90 Å². The van der Waals surface area contributed by atoms with Crippen LogP contribution >= 0.6 is 11.6 Å². The Morgan fingerprint density at radius 1 is 1.29 bits per heavy atom. The van der Waals surface area contributed by atoms with Crippen molar-refractivity contribution in [1.29, 1.82) is 5.26 Å². The number of nitriles is 1. The van der Waals surface area contributed by atoms with Crippen molar-refractivity contribution in [3.05, 3.63) is 34.9 Å². The normalized spacial score (nSPS) is 19.2. The van der Waals surface area contributed by atoms with Crippen molar-refractivity contribution in [2.45, 2.75) is 46.6 Å². The van der Waals surface area contributed by atoms with Crippen LogP contribution in [0.3, 0.4) is 0 Å². The molecule has 1 aromatic carbocycles. The fourth-order valence-corrected chi connectivity index (χ4v) is 3.59. The molecule has 2 nitrogen and oxygen atoms in total. The van der Waals surface area contributed by atoms with E-state index in [0.717, 1.165) is 37.5 Å². The average molecular weight is 305 g/mol. The van der Waals surface area contributed by atoms with E-state index in [1.54, 1.807) is 0 Å². The SMILES string of the molecule is CC(C)(C)C1(CC#N)CCN(Cc2cccc(Cl)c2)CC1. The zero-order valence-electron chi connectivity index (χ0n) is 13.3. The van der Waals surface area contributed by atoms with Gasteiger partial charge in [-0.1, -0.05) is 44.5 Å². The van der Waals surface area contributed by atoms with Crippen LogP contribution in [0, 0.1) is 22.2 Å². The second kappa shape index (κ2) is 6.38. The van der Waals surface area contributed by atoms with E-state index in [2.05, 4.69) is 37.8 Å². The van der Waals surface area contributed by atoms with E-state index >= 15 is 0 Å². The predicted octanol–water partition coefficient (Wildman–Crippen LogP) is 4.88. The second-order valence-corrected chi connectivity index (χ2v) is 7.71. The van der Waals surface area contributed by atoms with Gasteiger partial charge in [-0.15, -0.1) is 0 Å². The lowest BCUT2D eigenvalue weighted by atomic mass is 9.60. The maximum absolute atomic E-state index is 9.20. The third-order valence-electron chi connectivity index (χ3n) is 5.12. The summed E-state index contributed by atoms with van der Waals surface area (Å²) in [5.41, 5.74) is 1.61. The first kappa shape index (κ1) is 16.3. The number of nitrogens with zero attached hydrogens (tertiary/aromatic N) is 2. The number of likely N-dealkylation sites (tertiary alicyclic amines) is 1. The summed E-state index contributed by atoms with van der Waals surface area (Å²) in [6, 6.07) is 10.5. The number of benzene rings is 1. The van der Waals surface area contributed by atoms with E-state index in [9.17, 15) is 5.26 Å². The topological polar surface area (TPSA) is 27.0 Å². The van der Waals surface area contributed by atoms with Gasteiger partial charge in [0.2, 0.25) is 0 Å². The average Bonchev–Trinajstić information content (AvgIpc) is 2.40. The minimum atomic E-state index is 0.159. The molecule has 2 rings (SSSR count). The van der Waals surface area contributed by atoms with Crippen LogP contribution in [0.1, 0.15) is 45.6 Å². The van der Waals surface area contributed by atoms with Gasteiger partial charge in [0.05, 0.1) is 6.07 Å².